The molecule has 1 amide bonds. The minimum absolute atomic E-state index is 0.431. The van der Waals surface area contributed by atoms with Gasteiger partial charge >= 0.3 is 0 Å². The Morgan fingerprint density at radius 1 is 1.14 bits per heavy atom. The van der Waals surface area contributed by atoms with Crippen LogP contribution in [-0.4, -0.2) is 12.5 Å². The molecule has 0 atom stereocenters. The third-order valence-corrected chi connectivity index (χ3v) is 3.34. The molecule has 0 saturated carbocycles. The summed E-state index contributed by atoms with van der Waals surface area (Å²) in [6.07, 6.45) is 0.972. The second-order valence-electron chi connectivity index (χ2n) is 5.05. The van der Waals surface area contributed by atoms with Gasteiger partial charge in [0.15, 0.2) is 0 Å². The highest BCUT2D eigenvalue weighted by atomic mass is 16.1. The second-order valence-corrected chi connectivity index (χ2v) is 5.05. The highest BCUT2D eigenvalue weighted by Gasteiger charge is 2.15. The zero-order chi connectivity index (χ0) is 15.2. The quantitative estimate of drug-likeness (QED) is 0.801. The molecule has 0 unspecified atom stereocenters. The molecule has 2 aromatic rings. The van der Waals surface area contributed by atoms with Crippen LogP contribution in [0.1, 0.15) is 29.3 Å². The zero-order valence-corrected chi connectivity index (χ0v) is 12.3. The summed E-state index contributed by atoms with van der Waals surface area (Å²) in [6, 6.07) is 15.4. The lowest BCUT2D eigenvalue weighted by atomic mass is 10.1. The van der Waals surface area contributed by atoms with Crippen molar-refractivity contribution < 1.29 is 4.79 Å². The maximum absolute atomic E-state index is 11.6. The molecule has 4 heteroatoms. The SMILES string of the molecule is CCCN(Cc1ccccc1)c1cc(N)ccc1C(N)=O. The van der Waals surface area contributed by atoms with E-state index in [0.717, 1.165) is 25.2 Å². The largest absolute Gasteiger partial charge is 0.399 e. The van der Waals surface area contributed by atoms with Crippen molar-refractivity contribution in [2.24, 2.45) is 5.73 Å². The van der Waals surface area contributed by atoms with Gasteiger partial charge in [0.2, 0.25) is 0 Å². The second kappa shape index (κ2) is 6.79. The summed E-state index contributed by atoms with van der Waals surface area (Å²) in [6.45, 7) is 3.66. The molecule has 2 rings (SSSR count). The molecule has 2 aromatic carbocycles. The summed E-state index contributed by atoms with van der Waals surface area (Å²) in [5.41, 5.74) is 14.5. The highest BCUT2D eigenvalue weighted by molar-refractivity contribution is 5.99. The first-order valence-corrected chi connectivity index (χ1v) is 7.10. The van der Waals surface area contributed by atoms with Gasteiger partial charge in [-0.15, -0.1) is 0 Å². The number of nitrogens with zero attached hydrogens (tertiary/aromatic N) is 1. The molecule has 0 radical (unpaired) electrons. The van der Waals surface area contributed by atoms with Crippen LogP contribution in [-0.2, 0) is 6.54 Å². The van der Waals surface area contributed by atoms with Crippen LogP contribution in [0.3, 0.4) is 0 Å². The number of rotatable bonds is 6. The van der Waals surface area contributed by atoms with Crippen LogP contribution in [0.2, 0.25) is 0 Å². The maximum atomic E-state index is 11.6. The first-order chi connectivity index (χ1) is 10.1. The smallest absolute Gasteiger partial charge is 0.250 e. The van der Waals surface area contributed by atoms with Crippen LogP contribution in [0.25, 0.3) is 0 Å². The van der Waals surface area contributed by atoms with E-state index in [1.807, 2.05) is 24.3 Å². The summed E-state index contributed by atoms with van der Waals surface area (Å²) in [5, 5.41) is 0. The van der Waals surface area contributed by atoms with E-state index in [-0.39, 0.29) is 0 Å². The average molecular weight is 283 g/mol. The van der Waals surface area contributed by atoms with Gasteiger partial charge in [0.05, 0.1) is 11.3 Å². The molecule has 110 valence electrons. The summed E-state index contributed by atoms with van der Waals surface area (Å²) in [4.78, 5) is 13.8. The van der Waals surface area contributed by atoms with Crippen molar-refractivity contribution in [3.63, 3.8) is 0 Å². The lowest BCUT2D eigenvalue weighted by molar-refractivity contribution is 0.100. The Morgan fingerprint density at radius 2 is 1.86 bits per heavy atom. The summed E-state index contributed by atoms with van der Waals surface area (Å²) >= 11 is 0. The van der Waals surface area contributed by atoms with Crippen molar-refractivity contribution in [1.29, 1.82) is 0 Å². The number of primary amides is 1. The molecule has 0 aromatic heterocycles. The third kappa shape index (κ3) is 3.75. The van der Waals surface area contributed by atoms with Crippen molar-refractivity contribution in [3.8, 4) is 0 Å². The van der Waals surface area contributed by atoms with Crippen LogP contribution in [0, 0.1) is 0 Å². The Balaban J connectivity index is 2.37. The van der Waals surface area contributed by atoms with Gasteiger partial charge in [0, 0.05) is 18.8 Å². The topological polar surface area (TPSA) is 72.3 Å². The van der Waals surface area contributed by atoms with Gasteiger partial charge in [-0.05, 0) is 30.2 Å². The predicted molar refractivity (Wildman–Crippen MR) is 87.2 cm³/mol. The fourth-order valence-corrected chi connectivity index (χ4v) is 2.38. The fraction of sp³-hybridized carbons (Fsp3) is 0.235. The predicted octanol–water partition coefficient (Wildman–Crippen LogP) is 2.78. The van der Waals surface area contributed by atoms with Crippen LogP contribution >= 0.6 is 0 Å². The number of hydrogen-bond donors (Lipinski definition) is 2. The number of benzene rings is 2. The molecule has 0 fully saturated rings. The van der Waals surface area contributed by atoms with Crippen molar-refractivity contribution >= 4 is 17.3 Å². The van der Waals surface area contributed by atoms with E-state index >= 15 is 0 Å². The van der Waals surface area contributed by atoms with E-state index in [1.54, 1.807) is 12.1 Å². The molecule has 0 aliphatic rings. The van der Waals surface area contributed by atoms with Gasteiger partial charge in [0.25, 0.3) is 5.91 Å². The lowest BCUT2D eigenvalue weighted by Crippen LogP contribution is -2.27. The summed E-state index contributed by atoms with van der Waals surface area (Å²) in [5.74, 6) is -0.431. The summed E-state index contributed by atoms with van der Waals surface area (Å²) in [7, 11) is 0. The van der Waals surface area contributed by atoms with E-state index in [0.29, 0.717) is 11.3 Å². The molecule has 0 aliphatic heterocycles. The summed E-state index contributed by atoms with van der Waals surface area (Å²) < 4.78 is 0. The number of carbonyl (C=O) groups is 1. The Labute approximate surface area is 125 Å². The van der Waals surface area contributed by atoms with Gasteiger partial charge in [0.1, 0.15) is 0 Å². The first-order valence-electron chi connectivity index (χ1n) is 7.10. The monoisotopic (exact) mass is 283 g/mol. The van der Waals surface area contributed by atoms with Gasteiger partial charge in [-0.3, -0.25) is 4.79 Å². The fourth-order valence-electron chi connectivity index (χ4n) is 2.38. The molecule has 0 saturated heterocycles. The Bertz CT molecular complexity index is 611. The number of nitrogens with two attached hydrogens (primary N) is 2. The van der Waals surface area contributed by atoms with Crippen LogP contribution in [0.5, 0.6) is 0 Å². The minimum Gasteiger partial charge on any atom is -0.399 e. The molecular weight excluding hydrogens is 262 g/mol. The molecule has 4 N–H and O–H groups in total. The van der Waals surface area contributed by atoms with E-state index in [1.165, 1.54) is 5.56 Å². The number of carbonyl (C=O) groups excluding carboxylic acids is 1. The third-order valence-electron chi connectivity index (χ3n) is 3.34. The van der Waals surface area contributed by atoms with Crippen molar-refractivity contribution in [2.75, 3.05) is 17.2 Å². The number of hydrogen-bond acceptors (Lipinski definition) is 3. The maximum Gasteiger partial charge on any atom is 0.250 e. The van der Waals surface area contributed by atoms with Crippen molar-refractivity contribution in [1.82, 2.24) is 0 Å². The zero-order valence-electron chi connectivity index (χ0n) is 12.3. The van der Waals surface area contributed by atoms with Crippen molar-refractivity contribution in [2.45, 2.75) is 19.9 Å². The Hall–Kier alpha value is -2.49. The van der Waals surface area contributed by atoms with E-state index in [9.17, 15) is 4.79 Å². The lowest BCUT2D eigenvalue weighted by Gasteiger charge is -2.26. The normalized spacial score (nSPS) is 10.3. The van der Waals surface area contributed by atoms with Gasteiger partial charge in [-0.1, -0.05) is 37.3 Å². The standard InChI is InChI=1S/C17H21N3O/c1-2-10-20(12-13-6-4-3-5-7-13)16-11-14(18)8-9-15(16)17(19)21/h3-9,11H,2,10,12,18H2,1H3,(H2,19,21). The van der Waals surface area contributed by atoms with E-state index in [2.05, 4.69) is 24.0 Å². The molecule has 0 bridgehead atoms. The number of anilines is 2. The molecule has 0 aliphatic carbocycles. The van der Waals surface area contributed by atoms with E-state index < -0.39 is 5.91 Å². The number of amides is 1. The Morgan fingerprint density at radius 3 is 2.48 bits per heavy atom. The van der Waals surface area contributed by atoms with Crippen LogP contribution in [0.15, 0.2) is 48.5 Å². The van der Waals surface area contributed by atoms with Gasteiger partial charge in [-0.2, -0.15) is 0 Å². The molecule has 4 nitrogen and oxygen atoms in total. The Kier molecular flexibility index (Phi) is 4.82. The van der Waals surface area contributed by atoms with Gasteiger partial charge < -0.3 is 16.4 Å². The van der Waals surface area contributed by atoms with Crippen LogP contribution < -0.4 is 16.4 Å². The van der Waals surface area contributed by atoms with Crippen LogP contribution in [0.4, 0.5) is 11.4 Å². The van der Waals surface area contributed by atoms with E-state index in [4.69, 9.17) is 11.5 Å². The minimum atomic E-state index is -0.431. The number of nitrogen functional groups attached to an aromatic ring is 1. The van der Waals surface area contributed by atoms with Gasteiger partial charge in [-0.25, -0.2) is 0 Å². The highest BCUT2D eigenvalue weighted by Crippen LogP contribution is 2.25. The average Bonchev–Trinajstić information content (AvgIpc) is 2.47. The van der Waals surface area contributed by atoms with Crippen molar-refractivity contribution in [3.05, 3.63) is 59.7 Å². The molecular formula is C17H21N3O. The first kappa shape index (κ1) is 14.9. The molecule has 0 spiro atoms. The molecule has 0 heterocycles. The molecule has 21 heavy (non-hydrogen) atoms.